The maximum absolute atomic E-state index is 5.63. The van der Waals surface area contributed by atoms with Crippen LogP contribution in [-0.4, -0.2) is 32.6 Å². The number of nitrogens with zero attached hydrogens (tertiary/aromatic N) is 4. The largest absolute Gasteiger partial charge is 0.367 e. The lowest BCUT2D eigenvalue weighted by Crippen LogP contribution is -2.14. The summed E-state index contributed by atoms with van der Waals surface area (Å²) in [5.41, 5.74) is 10.6. The number of hydrogen-bond acceptors (Lipinski definition) is 6. The van der Waals surface area contributed by atoms with Gasteiger partial charge in [-0.25, -0.2) is 15.0 Å². The molecule has 0 fully saturated rings. The Morgan fingerprint density at radius 3 is 2.96 bits per heavy atom. The van der Waals surface area contributed by atoms with Crippen LogP contribution in [0.15, 0.2) is 36.7 Å². The molecule has 0 spiro atoms. The van der Waals surface area contributed by atoms with Gasteiger partial charge >= 0.3 is 0 Å². The van der Waals surface area contributed by atoms with Crippen molar-refractivity contribution in [2.45, 2.75) is 6.92 Å². The number of nitrogens with one attached hydrogen (secondary N) is 1. The molecule has 0 aliphatic rings. The molecule has 7 heteroatoms. The van der Waals surface area contributed by atoms with Crippen LogP contribution < -0.4 is 11.1 Å². The number of fused-ring (bicyclic) bond motifs is 3. The third-order valence-corrected chi connectivity index (χ3v) is 5.14. The number of hydrogen-bond donors (Lipinski definition) is 2. The molecule has 4 aromatic rings. The Kier molecular flexibility index (Phi) is 4.40. The molecule has 3 aromatic heterocycles. The fraction of sp³-hybridized carbons (Fsp3) is 0.211. The molecule has 1 aromatic carbocycles. The molecule has 0 aliphatic heterocycles. The lowest BCUT2D eigenvalue weighted by molar-refractivity contribution is 0.949. The number of aryl methyl sites for hydroxylation is 1. The minimum atomic E-state index is 0.541. The molecular weight excluding hydrogens is 344 g/mol. The van der Waals surface area contributed by atoms with Gasteiger partial charge in [0.15, 0.2) is 5.82 Å². The van der Waals surface area contributed by atoms with Gasteiger partial charge in [-0.15, -0.1) is 0 Å². The number of allylic oxidation sites excluding steroid dienone is 1. The van der Waals surface area contributed by atoms with E-state index in [2.05, 4.69) is 40.6 Å². The normalized spacial score (nSPS) is 11.8. The van der Waals surface area contributed by atoms with Crippen molar-refractivity contribution in [3.05, 3.63) is 42.2 Å². The summed E-state index contributed by atoms with van der Waals surface area (Å²) in [6.45, 7) is 3.21. The Morgan fingerprint density at radius 1 is 1.27 bits per heavy atom. The van der Waals surface area contributed by atoms with Gasteiger partial charge in [-0.1, -0.05) is 41.7 Å². The fourth-order valence-corrected chi connectivity index (χ4v) is 3.93. The second kappa shape index (κ2) is 6.86. The number of imidazole rings is 1. The molecule has 0 atom stereocenters. The number of nitrogens with two attached hydrogens (primary N) is 1. The van der Waals surface area contributed by atoms with Gasteiger partial charge < -0.3 is 15.6 Å². The van der Waals surface area contributed by atoms with Crippen molar-refractivity contribution in [1.82, 2.24) is 19.5 Å². The van der Waals surface area contributed by atoms with Gasteiger partial charge in [-0.05, 0) is 18.6 Å². The first-order valence-corrected chi connectivity index (χ1v) is 9.31. The number of rotatable bonds is 5. The van der Waals surface area contributed by atoms with Crippen LogP contribution in [0.1, 0.15) is 12.5 Å². The summed E-state index contributed by atoms with van der Waals surface area (Å²) in [7, 11) is 1.98. The zero-order valence-corrected chi connectivity index (χ0v) is 15.5. The van der Waals surface area contributed by atoms with Crippen LogP contribution >= 0.6 is 11.3 Å². The number of pyridine rings is 1. The molecule has 132 valence electrons. The summed E-state index contributed by atoms with van der Waals surface area (Å²) >= 11 is 1.59. The van der Waals surface area contributed by atoms with E-state index in [4.69, 9.17) is 15.7 Å². The molecular formula is C19H20N6S. The number of anilines is 1. The molecule has 0 aliphatic carbocycles. The third-order valence-electron chi connectivity index (χ3n) is 4.14. The molecule has 3 N–H and O–H groups in total. The average Bonchev–Trinajstić information content (AvgIpc) is 3.24. The zero-order chi connectivity index (χ0) is 18.1. The first-order valence-electron chi connectivity index (χ1n) is 8.50. The molecule has 3 heterocycles. The van der Waals surface area contributed by atoms with E-state index in [1.807, 2.05) is 24.6 Å². The van der Waals surface area contributed by atoms with Gasteiger partial charge in [-0.3, -0.25) is 0 Å². The van der Waals surface area contributed by atoms with Gasteiger partial charge in [0.25, 0.3) is 0 Å². The minimum absolute atomic E-state index is 0.541. The van der Waals surface area contributed by atoms with Gasteiger partial charge in [0, 0.05) is 25.7 Å². The Bertz CT molecular complexity index is 1110. The van der Waals surface area contributed by atoms with E-state index in [1.165, 1.54) is 0 Å². The fourth-order valence-electron chi connectivity index (χ4n) is 2.98. The highest BCUT2D eigenvalue weighted by atomic mass is 32.1. The molecule has 0 radical (unpaired) electrons. The van der Waals surface area contributed by atoms with E-state index < -0.39 is 0 Å². The second-order valence-electron chi connectivity index (χ2n) is 6.03. The van der Waals surface area contributed by atoms with Gasteiger partial charge in [0.1, 0.15) is 26.4 Å². The van der Waals surface area contributed by atoms with Crippen molar-refractivity contribution in [3.8, 4) is 10.6 Å². The molecule has 0 saturated carbocycles. The highest BCUT2D eigenvalue weighted by Gasteiger charge is 2.17. The van der Waals surface area contributed by atoms with E-state index in [0.717, 1.165) is 43.3 Å². The van der Waals surface area contributed by atoms with Crippen LogP contribution in [0.2, 0.25) is 0 Å². The van der Waals surface area contributed by atoms with E-state index in [9.17, 15) is 0 Å². The van der Waals surface area contributed by atoms with E-state index in [0.29, 0.717) is 13.1 Å². The van der Waals surface area contributed by atoms with E-state index >= 15 is 0 Å². The maximum Gasteiger partial charge on any atom is 0.156 e. The zero-order valence-electron chi connectivity index (χ0n) is 14.7. The highest BCUT2D eigenvalue weighted by Crippen LogP contribution is 2.35. The summed E-state index contributed by atoms with van der Waals surface area (Å²) in [6, 6.07) is 8.37. The third kappa shape index (κ3) is 2.85. The number of aromatic nitrogens is 4. The van der Waals surface area contributed by atoms with Crippen LogP contribution in [0.5, 0.6) is 0 Å². The molecule has 0 amide bonds. The summed E-state index contributed by atoms with van der Waals surface area (Å²) in [4.78, 5) is 15.0. The smallest absolute Gasteiger partial charge is 0.156 e. The summed E-state index contributed by atoms with van der Waals surface area (Å²) in [5.74, 6) is 0.761. The predicted octanol–water partition coefficient (Wildman–Crippen LogP) is 3.65. The van der Waals surface area contributed by atoms with Crippen LogP contribution in [0.25, 0.3) is 38.0 Å². The Balaban J connectivity index is 1.90. The standard InChI is InChI=1S/C19H20N6S/c1-3-5-12-6-4-7-13(10-12)18-23-15-16-14(22-11-25(16)2)17(21-9-8-20)24-19(15)26-18/h3-7,10-11H,8-9,20H2,1-2H3,(H,21,24)/b5-3+. The lowest BCUT2D eigenvalue weighted by Gasteiger charge is -2.05. The number of benzene rings is 1. The molecule has 6 nitrogen and oxygen atoms in total. The van der Waals surface area contributed by atoms with Crippen molar-refractivity contribution < 1.29 is 0 Å². The Labute approximate surface area is 155 Å². The Morgan fingerprint density at radius 2 is 2.15 bits per heavy atom. The average molecular weight is 364 g/mol. The molecule has 0 unspecified atom stereocenters. The minimum Gasteiger partial charge on any atom is -0.367 e. The highest BCUT2D eigenvalue weighted by molar-refractivity contribution is 7.21. The SMILES string of the molecule is C/C=C/c1cccc(-c2nc3c(nc(NCCN)c4ncn(C)c43)s2)c1. The number of thiazole rings is 1. The summed E-state index contributed by atoms with van der Waals surface area (Å²) < 4.78 is 1.99. The maximum atomic E-state index is 5.63. The van der Waals surface area contributed by atoms with Crippen LogP contribution in [-0.2, 0) is 7.05 Å². The monoisotopic (exact) mass is 364 g/mol. The van der Waals surface area contributed by atoms with Gasteiger partial charge in [0.2, 0.25) is 0 Å². The quantitative estimate of drug-likeness (QED) is 0.565. The summed E-state index contributed by atoms with van der Waals surface area (Å²) in [5, 5.41) is 4.23. The molecule has 4 rings (SSSR count). The van der Waals surface area contributed by atoms with Crippen LogP contribution in [0.3, 0.4) is 0 Å². The summed E-state index contributed by atoms with van der Waals surface area (Å²) in [6.07, 6.45) is 5.92. The van der Waals surface area contributed by atoms with Crippen LogP contribution in [0.4, 0.5) is 5.82 Å². The first kappa shape index (κ1) is 16.7. The molecule has 26 heavy (non-hydrogen) atoms. The van der Waals surface area contributed by atoms with E-state index in [-0.39, 0.29) is 0 Å². The van der Waals surface area contributed by atoms with Crippen molar-refractivity contribution >= 4 is 44.6 Å². The molecule has 0 bridgehead atoms. The van der Waals surface area contributed by atoms with E-state index in [1.54, 1.807) is 17.7 Å². The first-order chi connectivity index (χ1) is 12.7. The van der Waals surface area contributed by atoms with Crippen molar-refractivity contribution in [1.29, 1.82) is 0 Å². The van der Waals surface area contributed by atoms with Gasteiger partial charge in [-0.2, -0.15) is 0 Å². The topological polar surface area (TPSA) is 81.7 Å². The van der Waals surface area contributed by atoms with Crippen molar-refractivity contribution in [2.24, 2.45) is 12.8 Å². The molecule has 0 saturated heterocycles. The van der Waals surface area contributed by atoms with Crippen molar-refractivity contribution in [2.75, 3.05) is 18.4 Å². The lowest BCUT2D eigenvalue weighted by atomic mass is 10.1. The van der Waals surface area contributed by atoms with Gasteiger partial charge in [0.05, 0.1) is 6.33 Å². The Hall–Kier alpha value is -2.77. The second-order valence-corrected chi connectivity index (χ2v) is 7.00. The van der Waals surface area contributed by atoms with Crippen LogP contribution in [0, 0.1) is 0 Å². The van der Waals surface area contributed by atoms with Crippen molar-refractivity contribution in [3.63, 3.8) is 0 Å². The predicted molar refractivity (Wildman–Crippen MR) is 109 cm³/mol.